The number of aryl methyl sites for hydroxylation is 1. The van der Waals surface area contributed by atoms with Crippen LogP contribution in [0.5, 0.6) is 0 Å². The number of rotatable bonds is 6. The first-order valence-electron chi connectivity index (χ1n) is 13.4. The molecule has 2 saturated heterocycles. The molecule has 5 rings (SSSR count). The highest BCUT2D eigenvalue weighted by Crippen LogP contribution is 2.24. The third kappa shape index (κ3) is 6.35. The standard InChI is InChI=1S/C30H38N6O/c1-21-6-8-25(15-28(21)26-5-4-12-31-17-26)30(37)34-27-10-13-35(14-11-27)20-24-7-9-29(32-16-24)36-18-22(2)33-23(3)19-36/h4-9,12,15-17,22-23,27,33H,10-11,13-14,18-20H2,1-3H3,(H,34,37). The maximum Gasteiger partial charge on any atom is 0.251 e. The number of hydrogen-bond acceptors (Lipinski definition) is 6. The van der Waals surface area contributed by atoms with Gasteiger partial charge in [0.05, 0.1) is 0 Å². The Kier molecular flexibility index (Phi) is 7.82. The molecule has 0 aliphatic carbocycles. The molecular formula is C30H38N6O. The van der Waals surface area contributed by atoms with Crippen molar-refractivity contribution < 1.29 is 4.79 Å². The number of anilines is 1. The van der Waals surface area contributed by atoms with Crippen molar-refractivity contribution >= 4 is 11.7 Å². The molecule has 194 valence electrons. The predicted molar refractivity (Wildman–Crippen MR) is 149 cm³/mol. The zero-order chi connectivity index (χ0) is 25.8. The first kappa shape index (κ1) is 25.4. The molecule has 0 bridgehead atoms. The zero-order valence-electron chi connectivity index (χ0n) is 22.2. The average Bonchev–Trinajstić information content (AvgIpc) is 2.90. The number of likely N-dealkylation sites (tertiary alicyclic amines) is 1. The summed E-state index contributed by atoms with van der Waals surface area (Å²) in [5.74, 6) is 1.06. The summed E-state index contributed by atoms with van der Waals surface area (Å²) in [6.45, 7) is 11.3. The molecule has 2 aliphatic rings. The van der Waals surface area contributed by atoms with Crippen molar-refractivity contribution in [3.63, 3.8) is 0 Å². The number of piperidine rings is 1. The molecule has 1 amide bonds. The molecule has 37 heavy (non-hydrogen) atoms. The minimum Gasteiger partial charge on any atom is -0.354 e. The van der Waals surface area contributed by atoms with E-state index in [-0.39, 0.29) is 11.9 Å². The number of nitrogens with one attached hydrogen (secondary N) is 2. The number of carbonyl (C=O) groups excluding carboxylic acids is 1. The molecule has 2 unspecified atom stereocenters. The second kappa shape index (κ2) is 11.4. The smallest absolute Gasteiger partial charge is 0.251 e. The van der Waals surface area contributed by atoms with Crippen LogP contribution in [0, 0.1) is 6.92 Å². The Morgan fingerprint density at radius 1 is 1.05 bits per heavy atom. The quantitative estimate of drug-likeness (QED) is 0.535. The van der Waals surface area contributed by atoms with Gasteiger partial charge in [0.1, 0.15) is 5.82 Å². The molecule has 2 atom stereocenters. The van der Waals surface area contributed by atoms with Crippen LogP contribution in [0.15, 0.2) is 61.1 Å². The number of amides is 1. The van der Waals surface area contributed by atoms with Gasteiger partial charge in [-0.25, -0.2) is 4.98 Å². The molecule has 0 saturated carbocycles. The molecule has 0 spiro atoms. The van der Waals surface area contributed by atoms with Gasteiger partial charge in [0.2, 0.25) is 0 Å². The maximum absolute atomic E-state index is 13.0. The topological polar surface area (TPSA) is 73.4 Å². The summed E-state index contributed by atoms with van der Waals surface area (Å²) < 4.78 is 0. The summed E-state index contributed by atoms with van der Waals surface area (Å²) in [7, 11) is 0. The SMILES string of the molecule is Cc1ccc(C(=O)NC2CCN(Cc3ccc(N4CC(C)NC(C)C4)nc3)CC2)cc1-c1cccnc1. The molecule has 1 aromatic carbocycles. The van der Waals surface area contributed by atoms with Crippen LogP contribution in [-0.4, -0.2) is 65.1 Å². The summed E-state index contributed by atoms with van der Waals surface area (Å²) in [6, 6.07) is 15.4. The highest BCUT2D eigenvalue weighted by atomic mass is 16.1. The van der Waals surface area contributed by atoms with E-state index in [1.165, 1.54) is 5.56 Å². The molecule has 7 heteroatoms. The van der Waals surface area contributed by atoms with E-state index in [0.717, 1.165) is 68.1 Å². The van der Waals surface area contributed by atoms with Gasteiger partial charge < -0.3 is 15.5 Å². The lowest BCUT2D eigenvalue weighted by Gasteiger charge is -2.37. The van der Waals surface area contributed by atoms with Crippen LogP contribution in [0.2, 0.25) is 0 Å². The van der Waals surface area contributed by atoms with Crippen molar-refractivity contribution in [3.8, 4) is 11.1 Å². The normalized spacial score (nSPS) is 21.1. The number of nitrogens with zero attached hydrogens (tertiary/aromatic N) is 4. The monoisotopic (exact) mass is 498 g/mol. The largest absolute Gasteiger partial charge is 0.354 e. The van der Waals surface area contributed by atoms with Gasteiger partial charge in [-0.3, -0.25) is 14.7 Å². The van der Waals surface area contributed by atoms with Gasteiger partial charge in [0.25, 0.3) is 5.91 Å². The highest BCUT2D eigenvalue weighted by Gasteiger charge is 2.23. The number of carbonyl (C=O) groups is 1. The molecule has 2 N–H and O–H groups in total. The van der Waals surface area contributed by atoms with Gasteiger partial charge in [-0.2, -0.15) is 0 Å². The summed E-state index contributed by atoms with van der Waals surface area (Å²) in [4.78, 5) is 26.9. The molecule has 2 fully saturated rings. The first-order chi connectivity index (χ1) is 17.9. The number of pyridine rings is 2. The third-order valence-electron chi connectivity index (χ3n) is 7.49. The van der Waals surface area contributed by atoms with E-state index in [1.807, 2.05) is 42.7 Å². The lowest BCUT2D eigenvalue weighted by atomic mass is 9.98. The van der Waals surface area contributed by atoms with Crippen molar-refractivity contribution in [1.29, 1.82) is 0 Å². The summed E-state index contributed by atoms with van der Waals surface area (Å²) >= 11 is 0. The van der Waals surface area contributed by atoms with Crippen molar-refractivity contribution in [2.24, 2.45) is 0 Å². The van der Waals surface area contributed by atoms with Crippen molar-refractivity contribution in [1.82, 2.24) is 25.5 Å². The van der Waals surface area contributed by atoms with Crippen LogP contribution in [0.4, 0.5) is 5.82 Å². The Labute approximate surface area is 220 Å². The van der Waals surface area contributed by atoms with Crippen LogP contribution < -0.4 is 15.5 Å². The van der Waals surface area contributed by atoms with Gasteiger partial charge in [0.15, 0.2) is 0 Å². The highest BCUT2D eigenvalue weighted by molar-refractivity contribution is 5.96. The Balaban J connectivity index is 1.12. The van der Waals surface area contributed by atoms with Crippen LogP contribution in [0.25, 0.3) is 11.1 Å². The Bertz CT molecular complexity index is 1180. The second-order valence-corrected chi connectivity index (χ2v) is 10.7. The summed E-state index contributed by atoms with van der Waals surface area (Å²) in [6.07, 6.45) is 7.54. The van der Waals surface area contributed by atoms with E-state index in [2.05, 4.69) is 58.3 Å². The van der Waals surface area contributed by atoms with Crippen molar-refractivity contribution in [3.05, 3.63) is 77.7 Å². The second-order valence-electron chi connectivity index (χ2n) is 10.7. The van der Waals surface area contributed by atoms with Crippen molar-refractivity contribution in [2.45, 2.75) is 58.3 Å². The number of aromatic nitrogens is 2. The Morgan fingerprint density at radius 3 is 2.51 bits per heavy atom. The number of piperazine rings is 1. The first-order valence-corrected chi connectivity index (χ1v) is 13.4. The summed E-state index contributed by atoms with van der Waals surface area (Å²) in [5, 5.41) is 6.84. The number of benzene rings is 1. The fourth-order valence-electron chi connectivity index (χ4n) is 5.57. The van der Waals surface area contributed by atoms with Crippen LogP contribution >= 0.6 is 0 Å². The fraction of sp³-hybridized carbons (Fsp3) is 0.433. The van der Waals surface area contributed by atoms with E-state index in [0.29, 0.717) is 17.6 Å². The minimum absolute atomic E-state index is 0.0000662. The van der Waals surface area contributed by atoms with Gasteiger partial charge in [0, 0.05) is 80.6 Å². The zero-order valence-corrected chi connectivity index (χ0v) is 22.2. The lowest BCUT2D eigenvalue weighted by molar-refractivity contribution is 0.0909. The number of hydrogen-bond donors (Lipinski definition) is 2. The van der Waals surface area contributed by atoms with E-state index < -0.39 is 0 Å². The Morgan fingerprint density at radius 2 is 1.84 bits per heavy atom. The van der Waals surface area contributed by atoms with Crippen LogP contribution in [-0.2, 0) is 6.54 Å². The van der Waals surface area contributed by atoms with E-state index in [1.54, 1.807) is 6.20 Å². The van der Waals surface area contributed by atoms with Gasteiger partial charge in [-0.05, 0) is 74.6 Å². The van der Waals surface area contributed by atoms with Crippen LogP contribution in [0.1, 0.15) is 48.2 Å². The van der Waals surface area contributed by atoms with E-state index >= 15 is 0 Å². The predicted octanol–water partition coefficient (Wildman–Crippen LogP) is 4.03. The molecule has 2 aliphatic heterocycles. The average molecular weight is 499 g/mol. The molecular weight excluding hydrogens is 460 g/mol. The van der Waals surface area contributed by atoms with Crippen molar-refractivity contribution in [2.75, 3.05) is 31.1 Å². The van der Waals surface area contributed by atoms with E-state index in [9.17, 15) is 4.79 Å². The van der Waals surface area contributed by atoms with Gasteiger partial charge in [-0.15, -0.1) is 0 Å². The Hall–Kier alpha value is -3.29. The molecule has 3 aromatic rings. The van der Waals surface area contributed by atoms with Crippen LogP contribution in [0.3, 0.4) is 0 Å². The molecule has 7 nitrogen and oxygen atoms in total. The third-order valence-corrected chi connectivity index (χ3v) is 7.49. The van der Waals surface area contributed by atoms with Gasteiger partial charge in [-0.1, -0.05) is 18.2 Å². The molecule has 2 aromatic heterocycles. The lowest BCUT2D eigenvalue weighted by Crippen LogP contribution is -2.54. The fourth-order valence-corrected chi connectivity index (χ4v) is 5.57. The van der Waals surface area contributed by atoms with Gasteiger partial charge >= 0.3 is 0 Å². The minimum atomic E-state index is -0.0000662. The molecule has 4 heterocycles. The van der Waals surface area contributed by atoms with E-state index in [4.69, 9.17) is 4.98 Å². The summed E-state index contributed by atoms with van der Waals surface area (Å²) in [5.41, 5.74) is 5.16. The maximum atomic E-state index is 13.0. The molecule has 0 radical (unpaired) electrons.